The van der Waals surface area contributed by atoms with E-state index in [4.69, 9.17) is 31.2 Å². The molecule has 12 heteroatoms. The Balaban J connectivity index is 1.06. The van der Waals surface area contributed by atoms with Crippen LogP contribution in [0.2, 0.25) is 10.0 Å². The number of likely N-dealkylation sites (tertiary alicyclic amines) is 1. The van der Waals surface area contributed by atoms with Gasteiger partial charge >= 0.3 is 0 Å². The predicted octanol–water partition coefficient (Wildman–Crippen LogP) is 1.94. The number of amidine groups is 1. The van der Waals surface area contributed by atoms with Crippen LogP contribution in [0.25, 0.3) is 0 Å². The first-order chi connectivity index (χ1) is 17.9. The van der Waals surface area contributed by atoms with Gasteiger partial charge in [-0.2, -0.15) is 5.10 Å². The number of carbonyl (C=O) groups excluding carboxylic acids is 2. The summed E-state index contributed by atoms with van der Waals surface area (Å²) in [5.41, 5.74) is 0.830. The van der Waals surface area contributed by atoms with Crippen molar-refractivity contribution in [1.29, 1.82) is 0 Å². The Hall–Kier alpha value is -1.85. The molecular formula is C25H36BCl2N7O2. The van der Waals surface area contributed by atoms with Crippen LogP contribution >= 0.6 is 23.2 Å². The fraction of sp³-hybridized carbons (Fsp3) is 0.640. The molecule has 2 fully saturated rings. The number of hydrogen-bond acceptors (Lipinski definition) is 7. The second kappa shape index (κ2) is 13.8. The number of hydrogen-bond donors (Lipinski definition) is 2. The van der Waals surface area contributed by atoms with E-state index in [1.807, 2.05) is 10.9 Å². The number of carbonyl (C=O) groups is 2. The van der Waals surface area contributed by atoms with E-state index in [1.165, 1.54) is 0 Å². The summed E-state index contributed by atoms with van der Waals surface area (Å²) in [5.74, 6) is 1.25. The zero-order valence-corrected chi connectivity index (χ0v) is 22.8. The lowest BCUT2D eigenvalue weighted by Gasteiger charge is -2.38. The standard InChI is InChI=1S/C25H36BCl2N7O2/c26-34-14-12-33(13-15-34)17-19-5-9-32(10-6-19)18-25(37)29-8-1-2-24(36)30-23-7-11-35(31-23)20-3-4-21(27)22(28)16-20/h3-4,16,19H,1-2,5-15,17-18H2,(H,29,37)(H,30,31,36). The number of benzene rings is 1. The minimum atomic E-state index is -0.0982. The largest absolute Gasteiger partial charge is 0.355 e. The molecule has 0 bridgehead atoms. The Bertz CT molecular complexity index is 966. The minimum Gasteiger partial charge on any atom is -0.355 e. The molecule has 0 spiro atoms. The van der Waals surface area contributed by atoms with Gasteiger partial charge in [0, 0.05) is 45.6 Å². The van der Waals surface area contributed by atoms with Crippen LogP contribution in [-0.2, 0) is 9.59 Å². The quantitative estimate of drug-likeness (QED) is 0.363. The van der Waals surface area contributed by atoms with Gasteiger partial charge in [-0.05, 0) is 69.6 Å². The molecular weight excluding hydrogens is 512 g/mol. The van der Waals surface area contributed by atoms with Crippen molar-refractivity contribution in [3.05, 3.63) is 28.2 Å². The molecule has 0 unspecified atom stereocenters. The summed E-state index contributed by atoms with van der Waals surface area (Å²) in [6.45, 7) is 8.58. The summed E-state index contributed by atoms with van der Waals surface area (Å²) < 4.78 is 0. The topological polar surface area (TPSA) is 83.5 Å². The SMILES string of the molecule is [B]N1CCN(CC2CCN(CC(=O)NCCCC(=O)NC3=NN(c4ccc(Cl)c(Cl)c4)CC3)CC2)CC1. The van der Waals surface area contributed by atoms with Crippen LogP contribution in [0.4, 0.5) is 5.69 Å². The van der Waals surface area contributed by atoms with E-state index in [1.54, 1.807) is 17.1 Å². The highest BCUT2D eigenvalue weighted by atomic mass is 35.5. The van der Waals surface area contributed by atoms with Crippen LogP contribution in [0.15, 0.2) is 23.3 Å². The molecule has 3 heterocycles. The summed E-state index contributed by atoms with van der Waals surface area (Å²) >= 11 is 12.1. The summed E-state index contributed by atoms with van der Waals surface area (Å²) in [5, 5.41) is 13.0. The normalized spacial score (nSPS) is 20.2. The average molecular weight is 548 g/mol. The van der Waals surface area contributed by atoms with Gasteiger partial charge in [-0.3, -0.25) is 19.5 Å². The maximum absolute atomic E-state index is 12.4. The molecule has 2 amide bonds. The van der Waals surface area contributed by atoms with Crippen molar-refractivity contribution in [3.8, 4) is 0 Å². The van der Waals surface area contributed by atoms with Gasteiger partial charge in [-0.15, -0.1) is 0 Å². The second-order valence-electron chi connectivity index (χ2n) is 10.1. The molecule has 0 saturated carbocycles. The van der Waals surface area contributed by atoms with E-state index in [0.29, 0.717) is 60.7 Å². The number of halogens is 2. The Labute approximate surface area is 230 Å². The number of anilines is 1. The molecule has 1 aromatic rings. The van der Waals surface area contributed by atoms with Gasteiger partial charge in [0.1, 0.15) is 5.84 Å². The van der Waals surface area contributed by atoms with Crippen LogP contribution in [0.3, 0.4) is 0 Å². The lowest BCUT2D eigenvalue weighted by Crippen LogP contribution is -2.48. The molecule has 2 saturated heterocycles. The van der Waals surface area contributed by atoms with Crippen LogP contribution < -0.4 is 15.6 Å². The highest BCUT2D eigenvalue weighted by Gasteiger charge is 2.24. The molecule has 2 radical (unpaired) electrons. The van der Waals surface area contributed by atoms with Gasteiger partial charge in [0.25, 0.3) is 0 Å². The predicted molar refractivity (Wildman–Crippen MR) is 149 cm³/mol. The number of piperidine rings is 1. The van der Waals surface area contributed by atoms with Crippen molar-refractivity contribution in [3.63, 3.8) is 0 Å². The first-order valence-corrected chi connectivity index (χ1v) is 13.9. The van der Waals surface area contributed by atoms with Gasteiger partial charge in [0.05, 0.1) is 22.3 Å². The lowest BCUT2D eigenvalue weighted by atomic mass is 9.96. The van der Waals surface area contributed by atoms with E-state index < -0.39 is 0 Å². The number of rotatable bonds is 9. The van der Waals surface area contributed by atoms with Crippen molar-refractivity contribution in [2.45, 2.75) is 32.1 Å². The van der Waals surface area contributed by atoms with Gasteiger partial charge in [0.15, 0.2) is 7.98 Å². The Morgan fingerprint density at radius 2 is 1.73 bits per heavy atom. The van der Waals surface area contributed by atoms with Gasteiger partial charge in [0.2, 0.25) is 11.8 Å². The van der Waals surface area contributed by atoms with E-state index in [9.17, 15) is 9.59 Å². The van der Waals surface area contributed by atoms with Crippen molar-refractivity contribution < 1.29 is 9.59 Å². The fourth-order valence-electron chi connectivity index (χ4n) is 4.97. The summed E-state index contributed by atoms with van der Waals surface area (Å²) in [4.78, 5) is 31.3. The molecule has 0 aliphatic carbocycles. The Morgan fingerprint density at radius 3 is 2.46 bits per heavy atom. The number of amides is 2. The fourth-order valence-corrected chi connectivity index (χ4v) is 5.27. The maximum atomic E-state index is 12.4. The molecule has 0 aromatic heterocycles. The van der Waals surface area contributed by atoms with Crippen molar-refractivity contribution in [1.82, 2.24) is 25.2 Å². The van der Waals surface area contributed by atoms with E-state index in [2.05, 4.69) is 25.5 Å². The minimum absolute atomic E-state index is 0.0235. The third kappa shape index (κ3) is 8.85. The number of piperazine rings is 1. The first-order valence-electron chi connectivity index (χ1n) is 13.2. The second-order valence-corrected chi connectivity index (χ2v) is 10.9. The number of nitrogens with one attached hydrogen (secondary N) is 2. The summed E-state index contributed by atoms with van der Waals surface area (Å²) in [6.07, 6.45) is 3.81. The average Bonchev–Trinajstić information content (AvgIpc) is 3.34. The summed E-state index contributed by atoms with van der Waals surface area (Å²) in [6, 6.07) is 5.33. The Morgan fingerprint density at radius 1 is 0.973 bits per heavy atom. The molecule has 2 N–H and O–H groups in total. The number of hydrazone groups is 1. The van der Waals surface area contributed by atoms with Crippen LogP contribution in [0.1, 0.15) is 32.1 Å². The van der Waals surface area contributed by atoms with Gasteiger partial charge < -0.3 is 20.3 Å². The molecule has 200 valence electrons. The molecule has 1 aromatic carbocycles. The smallest absolute Gasteiger partial charge is 0.234 e. The molecule has 0 atom stereocenters. The molecule has 37 heavy (non-hydrogen) atoms. The highest BCUT2D eigenvalue weighted by molar-refractivity contribution is 6.42. The molecule has 3 aliphatic rings. The van der Waals surface area contributed by atoms with Crippen molar-refractivity contribution in [2.75, 3.05) is 70.5 Å². The monoisotopic (exact) mass is 547 g/mol. The zero-order chi connectivity index (χ0) is 26.2. The molecule has 9 nitrogen and oxygen atoms in total. The Kier molecular flexibility index (Phi) is 10.5. The maximum Gasteiger partial charge on any atom is 0.234 e. The van der Waals surface area contributed by atoms with Crippen molar-refractivity contribution >= 4 is 54.5 Å². The van der Waals surface area contributed by atoms with E-state index in [0.717, 1.165) is 64.3 Å². The van der Waals surface area contributed by atoms with E-state index in [-0.39, 0.29) is 11.8 Å². The first kappa shape index (κ1) is 28.2. The highest BCUT2D eigenvalue weighted by Crippen LogP contribution is 2.28. The molecule has 4 rings (SSSR count). The van der Waals surface area contributed by atoms with Gasteiger partial charge in [-0.25, -0.2) is 0 Å². The lowest BCUT2D eigenvalue weighted by molar-refractivity contribution is -0.123. The third-order valence-electron chi connectivity index (χ3n) is 7.19. The van der Waals surface area contributed by atoms with Crippen LogP contribution in [0, 0.1) is 5.92 Å². The van der Waals surface area contributed by atoms with Gasteiger partial charge in [-0.1, -0.05) is 23.2 Å². The summed E-state index contributed by atoms with van der Waals surface area (Å²) in [7, 11) is 5.85. The van der Waals surface area contributed by atoms with E-state index >= 15 is 0 Å². The zero-order valence-electron chi connectivity index (χ0n) is 21.3. The van der Waals surface area contributed by atoms with Crippen LogP contribution in [-0.4, -0.2) is 106 Å². The number of nitrogens with zero attached hydrogens (tertiary/aromatic N) is 5. The van der Waals surface area contributed by atoms with Crippen molar-refractivity contribution in [2.24, 2.45) is 11.0 Å². The third-order valence-corrected chi connectivity index (χ3v) is 7.93. The van der Waals surface area contributed by atoms with Crippen LogP contribution in [0.5, 0.6) is 0 Å². The molecule has 3 aliphatic heterocycles.